The lowest BCUT2D eigenvalue weighted by atomic mass is 9.80. The molecule has 0 aliphatic heterocycles. The molecule has 0 atom stereocenters. The van der Waals surface area contributed by atoms with Crippen molar-refractivity contribution in [2.45, 2.75) is 38.3 Å². The Morgan fingerprint density at radius 1 is 1.44 bits per heavy atom. The second-order valence-corrected chi connectivity index (χ2v) is 5.66. The Bertz CT molecular complexity index is 631. The molecule has 2 aromatic rings. The summed E-state index contributed by atoms with van der Waals surface area (Å²) in [6.07, 6.45) is 3.51. The molecule has 4 heteroatoms. The van der Waals surface area contributed by atoms with E-state index in [9.17, 15) is 0 Å². The smallest absolute Gasteiger partial charge is 0.178 e. The molecule has 1 aliphatic rings. The summed E-state index contributed by atoms with van der Waals surface area (Å²) in [7, 11) is 1.81. The van der Waals surface area contributed by atoms with E-state index in [-0.39, 0.29) is 5.60 Å². The van der Waals surface area contributed by atoms with Gasteiger partial charge in [0.1, 0.15) is 0 Å². The van der Waals surface area contributed by atoms with Crippen molar-refractivity contribution in [3.8, 4) is 0 Å². The van der Waals surface area contributed by atoms with Gasteiger partial charge in [-0.15, -0.1) is 0 Å². The number of rotatable bonds is 3. The van der Waals surface area contributed by atoms with Crippen molar-refractivity contribution in [2.24, 2.45) is 0 Å². The highest BCUT2D eigenvalue weighted by Gasteiger charge is 2.37. The third-order valence-electron chi connectivity index (χ3n) is 4.07. The zero-order valence-corrected chi connectivity index (χ0v) is 11.6. The van der Waals surface area contributed by atoms with E-state index < -0.39 is 0 Å². The minimum Gasteiger partial charge on any atom is -0.376 e. The second kappa shape index (κ2) is 4.21. The SMILES string of the molecule is COC1(Cn2c(=S)[nH]c3cc(C)ccc32)CCC1. The van der Waals surface area contributed by atoms with Crippen LogP contribution in [-0.4, -0.2) is 22.3 Å². The number of methoxy groups -OCH3 is 1. The van der Waals surface area contributed by atoms with Crippen LogP contribution in [-0.2, 0) is 11.3 Å². The van der Waals surface area contributed by atoms with Crippen LogP contribution in [0.3, 0.4) is 0 Å². The molecule has 0 amide bonds. The molecule has 1 fully saturated rings. The molecule has 1 aromatic carbocycles. The van der Waals surface area contributed by atoms with Crippen LogP contribution in [0.1, 0.15) is 24.8 Å². The number of hydrogen-bond donors (Lipinski definition) is 1. The lowest BCUT2D eigenvalue weighted by Gasteiger charge is -2.40. The van der Waals surface area contributed by atoms with Crippen molar-refractivity contribution in [2.75, 3.05) is 7.11 Å². The predicted octanol–water partition coefficient (Wildman–Crippen LogP) is 3.58. The van der Waals surface area contributed by atoms with Crippen LogP contribution in [0.25, 0.3) is 11.0 Å². The summed E-state index contributed by atoms with van der Waals surface area (Å²) in [5.74, 6) is 0. The Morgan fingerprint density at radius 2 is 2.22 bits per heavy atom. The summed E-state index contributed by atoms with van der Waals surface area (Å²) in [6.45, 7) is 2.95. The van der Waals surface area contributed by atoms with Gasteiger partial charge in [-0.05, 0) is 56.1 Å². The van der Waals surface area contributed by atoms with Gasteiger partial charge in [-0.1, -0.05) is 6.07 Å². The van der Waals surface area contributed by atoms with Crippen LogP contribution in [0.2, 0.25) is 0 Å². The fourth-order valence-electron chi connectivity index (χ4n) is 2.72. The average molecular weight is 262 g/mol. The van der Waals surface area contributed by atoms with E-state index in [4.69, 9.17) is 17.0 Å². The lowest BCUT2D eigenvalue weighted by Crippen LogP contribution is -2.43. The maximum absolute atomic E-state index is 5.69. The Kier molecular flexibility index (Phi) is 2.79. The Labute approximate surface area is 112 Å². The van der Waals surface area contributed by atoms with Crippen LogP contribution in [0, 0.1) is 11.7 Å². The monoisotopic (exact) mass is 262 g/mol. The van der Waals surface area contributed by atoms with Gasteiger partial charge in [0.2, 0.25) is 0 Å². The van der Waals surface area contributed by atoms with Crippen molar-refractivity contribution < 1.29 is 4.74 Å². The summed E-state index contributed by atoms with van der Waals surface area (Å²) >= 11 is 5.44. The number of nitrogens with one attached hydrogen (secondary N) is 1. The first-order valence-electron chi connectivity index (χ1n) is 6.38. The Balaban J connectivity index is 2.06. The highest BCUT2D eigenvalue weighted by Crippen LogP contribution is 2.37. The van der Waals surface area contributed by atoms with Crippen LogP contribution >= 0.6 is 12.2 Å². The van der Waals surface area contributed by atoms with Gasteiger partial charge in [-0.3, -0.25) is 0 Å². The van der Waals surface area contributed by atoms with Crippen molar-refractivity contribution in [1.29, 1.82) is 0 Å². The molecular formula is C14H18N2OS. The van der Waals surface area contributed by atoms with E-state index in [1.165, 1.54) is 17.5 Å². The molecule has 3 nitrogen and oxygen atoms in total. The first-order valence-corrected chi connectivity index (χ1v) is 6.79. The highest BCUT2D eigenvalue weighted by atomic mass is 32.1. The highest BCUT2D eigenvalue weighted by molar-refractivity contribution is 7.71. The number of benzene rings is 1. The van der Waals surface area contributed by atoms with Gasteiger partial charge in [0.25, 0.3) is 0 Å². The first-order chi connectivity index (χ1) is 8.63. The van der Waals surface area contributed by atoms with Gasteiger partial charge in [0, 0.05) is 7.11 Å². The predicted molar refractivity (Wildman–Crippen MR) is 75.5 cm³/mol. The maximum atomic E-state index is 5.69. The summed E-state index contributed by atoms with van der Waals surface area (Å²) in [5, 5.41) is 0. The van der Waals surface area contributed by atoms with Crippen LogP contribution in [0.15, 0.2) is 18.2 Å². The molecule has 1 saturated carbocycles. The molecule has 1 N–H and O–H groups in total. The maximum Gasteiger partial charge on any atom is 0.178 e. The second-order valence-electron chi connectivity index (χ2n) is 5.28. The molecule has 0 bridgehead atoms. The summed E-state index contributed by atoms with van der Waals surface area (Å²) in [6, 6.07) is 6.41. The third kappa shape index (κ3) is 1.80. The van der Waals surface area contributed by atoms with Gasteiger partial charge in [0.15, 0.2) is 4.77 Å². The van der Waals surface area contributed by atoms with Gasteiger partial charge >= 0.3 is 0 Å². The molecule has 96 valence electrons. The molecule has 0 unspecified atom stereocenters. The summed E-state index contributed by atoms with van der Waals surface area (Å²) < 4.78 is 8.66. The Morgan fingerprint density at radius 3 is 2.83 bits per heavy atom. The van der Waals surface area contributed by atoms with E-state index in [1.807, 2.05) is 7.11 Å². The molecule has 1 aromatic heterocycles. The van der Waals surface area contributed by atoms with Crippen LogP contribution in [0.4, 0.5) is 0 Å². The van der Waals surface area contributed by atoms with Gasteiger partial charge < -0.3 is 14.3 Å². The van der Waals surface area contributed by atoms with Gasteiger partial charge in [-0.2, -0.15) is 0 Å². The van der Waals surface area contributed by atoms with Crippen molar-refractivity contribution in [1.82, 2.24) is 9.55 Å². The number of aromatic nitrogens is 2. The number of fused-ring (bicyclic) bond motifs is 1. The normalized spacial score (nSPS) is 17.9. The fourth-order valence-corrected chi connectivity index (χ4v) is 2.99. The number of imidazole rings is 1. The molecular weight excluding hydrogens is 244 g/mol. The molecule has 1 heterocycles. The van der Waals surface area contributed by atoms with Gasteiger partial charge in [0.05, 0.1) is 23.2 Å². The molecule has 18 heavy (non-hydrogen) atoms. The fraction of sp³-hybridized carbons (Fsp3) is 0.500. The van der Waals surface area contributed by atoms with E-state index in [0.717, 1.165) is 29.7 Å². The topological polar surface area (TPSA) is 29.9 Å². The number of H-pyrrole nitrogens is 1. The van der Waals surface area contributed by atoms with Crippen molar-refractivity contribution in [3.05, 3.63) is 28.5 Å². The number of nitrogens with zero attached hydrogens (tertiary/aromatic N) is 1. The lowest BCUT2D eigenvalue weighted by molar-refractivity contribution is -0.0830. The number of hydrogen-bond acceptors (Lipinski definition) is 2. The largest absolute Gasteiger partial charge is 0.376 e. The Hall–Kier alpha value is -1.13. The van der Waals surface area contributed by atoms with E-state index in [1.54, 1.807) is 0 Å². The van der Waals surface area contributed by atoms with E-state index >= 15 is 0 Å². The molecule has 3 rings (SSSR count). The molecule has 1 aliphatic carbocycles. The van der Waals surface area contributed by atoms with E-state index in [2.05, 4.69) is 34.7 Å². The minimum atomic E-state index is -0.00175. The third-order valence-corrected chi connectivity index (χ3v) is 4.40. The molecule has 0 spiro atoms. The number of ether oxygens (including phenoxy) is 1. The minimum absolute atomic E-state index is 0.00175. The average Bonchev–Trinajstić information content (AvgIpc) is 2.59. The van der Waals surface area contributed by atoms with E-state index in [0.29, 0.717) is 0 Å². The zero-order valence-electron chi connectivity index (χ0n) is 10.8. The number of aryl methyl sites for hydroxylation is 1. The van der Waals surface area contributed by atoms with Crippen LogP contribution < -0.4 is 0 Å². The summed E-state index contributed by atoms with van der Waals surface area (Å²) in [4.78, 5) is 3.28. The number of aromatic amines is 1. The molecule has 0 saturated heterocycles. The zero-order chi connectivity index (χ0) is 12.8. The standard InChI is InChI=1S/C14H18N2OS/c1-10-4-5-12-11(8-10)15-13(18)16(12)9-14(17-2)6-3-7-14/h4-5,8H,3,6-7,9H2,1-2H3,(H,15,18). The van der Waals surface area contributed by atoms with Crippen molar-refractivity contribution >= 4 is 23.3 Å². The van der Waals surface area contributed by atoms with Gasteiger partial charge in [-0.25, -0.2) is 0 Å². The van der Waals surface area contributed by atoms with Crippen molar-refractivity contribution in [3.63, 3.8) is 0 Å². The van der Waals surface area contributed by atoms with Crippen LogP contribution in [0.5, 0.6) is 0 Å². The molecule has 0 radical (unpaired) electrons. The first kappa shape index (κ1) is 11.9. The summed E-state index contributed by atoms with van der Waals surface area (Å²) in [5.41, 5.74) is 3.54. The quantitative estimate of drug-likeness (QED) is 0.857.